The van der Waals surface area contributed by atoms with E-state index in [4.69, 9.17) is 9.47 Å². The minimum atomic E-state index is -0.752. The molecule has 0 saturated heterocycles. The van der Waals surface area contributed by atoms with Gasteiger partial charge in [0.15, 0.2) is 17.6 Å². The zero-order valence-electron chi connectivity index (χ0n) is 13.8. The van der Waals surface area contributed by atoms with Crippen molar-refractivity contribution in [1.29, 1.82) is 0 Å². The molecule has 1 saturated carbocycles. The van der Waals surface area contributed by atoms with Crippen molar-refractivity contribution in [2.45, 2.75) is 31.5 Å². The predicted octanol–water partition coefficient (Wildman–Crippen LogP) is 2.51. The first-order valence-corrected chi connectivity index (χ1v) is 8.36. The highest BCUT2D eigenvalue weighted by atomic mass is 16.6. The Kier molecular flexibility index (Phi) is 3.79. The summed E-state index contributed by atoms with van der Waals surface area (Å²) < 4.78 is 11.5. The lowest BCUT2D eigenvalue weighted by molar-refractivity contribution is -0.156. The number of carbonyl (C=O) groups excluding carboxylic acids is 1. The van der Waals surface area contributed by atoms with Gasteiger partial charge in [-0.25, -0.2) is 0 Å². The summed E-state index contributed by atoms with van der Waals surface area (Å²) in [6.45, 7) is 0. The zero-order valence-corrected chi connectivity index (χ0v) is 13.8. The number of phenols is 4. The maximum absolute atomic E-state index is 12.2. The van der Waals surface area contributed by atoms with Gasteiger partial charge in [0.05, 0.1) is 5.92 Å². The molecular formula is C19H18O7. The topological polar surface area (TPSA) is 116 Å². The molecule has 26 heavy (non-hydrogen) atoms. The number of fused-ring (bicyclic) bond motifs is 1. The van der Waals surface area contributed by atoms with E-state index in [9.17, 15) is 25.2 Å². The number of rotatable bonds is 3. The van der Waals surface area contributed by atoms with Crippen LogP contribution in [0.5, 0.6) is 28.7 Å². The Morgan fingerprint density at radius 2 is 1.77 bits per heavy atom. The molecule has 1 aliphatic carbocycles. The molecule has 136 valence electrons. The molecule has 2 aromatic carbocycles. The summed E-state index contributed by atoms with van der Waals surface area (Å²) in [6.07, 6.45) is 0.332. The zero-order chi connectivity index (χ0) is 18.4. The number of benzene rings is 2. The third-order valence-electron chi connectivity index (χ3n) is 4.67. The van der Waals surface area contributed by atoms with E-state index in [2.05, 4.69) is 0 Å². The van der Waals surface area contributed by atoms with Gasteiger partial charge in [0.25, 0.3) is 0 Å². The van der Waals surface area contributed by atoms with Gasteiger partial charge in [0, 0.05) is 29.7 Å². The van der Waals surface area contributed by atoms with Crippen LogP contribution in [-0.4, -0.2) is 32.5 Å². The number of hydrogen-bond acceptors (Lipinski definition) is 7. The lowest BCUT2D eigenvalue weighted by Crippen LogP contribution is -2.35. The Morgan fingerprint density at radius 3 is 2.46 bits per heavy atom. The summed E-state index contributed by atoms with van der Waals surface area (Å²) in [5.41, 5.74) is 0.943. The number of esters is 1. The highest BCUT2D eigenvalue weighted by Gasteiger charge is 2.39. The second-order valence-corrected chi connectivity index (χ2v) is 6.68. The first kappa shape index (κ1) is 16.4. The summed E-state index contributed by atoms with van der Waals surface area (Å²) in [4.78, 5) is 12.2. The van der Waals surface area contributed by atoms with Gasteiger partial charge in [-0.3, -0.25) is 4.79 Å². The maximum atomic E-state index is 12.2. The van der Waals surface area contributed by atoms with E-state index in [0.29, 0.717) is 11.1 Å². The standard InChI is InChI=1S/C19H18O7/c20-11-6-14(22)12-8-17(26-19(24)9-1-2-9)18(25-16(12)7-11)10-3-4-13(21)15(23)5-10/h3-7,9,17-18,20-23H,1-2,8H2/t17-,18-/m1/s1. The molecule has 0 bridgehead atoms. The van der Waals surface area contributed by atoms with Crippen molar-refractivity contribution in [3.05, 3.63) is 41.5 Å². The summed E-state index contributed by atoms with van der Waals surface area (Å²) >= 11 is 0. The number of aromatic hydroxyl groups is 4. The molecule has 1 heterocycles. The molecule has 0 unspecified atom stereocenters. The van der Waals surface area contributed by atoms with Gasteiger partial charge in [-0.1, -0.05) is 6.07 Å². The molecule has 2 atom stereocenters. The molecule has 2 aromatic rings. The van der Waals surface area contributed by atoms with Crippen LogP contribution in [0.3, 0.4) is 0 Å². The van der Waals surface area contributed by atoms with E-state index in [0.717, 1.165) is 12.8 Å². The molecule has 4 N–H and O–H groups in total. The van der Waals surface area contributed by atoms with Gasteiger partial charge in [0.1, 0.15) is 23.4 Å². The van der Waals surface area contributed by atoms with E-state index in [-0.39, 0.29) is 47.1 Å². The van der Waals surface area contributed by atoms with Crippen LogP contribution in [0.4, 0.5) is 0 Å². The third-order valence-corrected chi connectivity index (χ3v) is 4.67. The van der Waals surface area contributed by atoms with E-state index < -0.39 is 12.2 Å². The Bertz CT molecular complexity index is 872. The second-order valence-electron chi connectivity index (χ2n) is 6.68. The van der Waals surface area contributed by atoms with Crippen LogP contribution in [0.15, 0.2) is 30.3 Å². The van der Waals surface area contributed by atoms with Crippen LogP contribution in [0, 0.1) is 5.92 Å². The van der Waals surface area contributed by atoms with Crippen LogP contribution in [0.25, 0.3) is 0 Å². The normalized spacial score (nSPS) is 21.5. The fourth-order valence-electron chi connectivity index (χ4n) is 3.12. The summed E-state index contributed by atoms with van der Waals surface area (Å²) in [6, 6.07) is 6.80. The molecule has 0 amide bonds. The third kappa shape index (κ3) is 2.96. The van der Waals surface area contributed by atoms with Crippen LogP contribution in [-0.2, 0) is 16.0 Å². The van der Waals surface area contributed by atoms with Crippen molar-refractivity contribution in [3.63, 3.8) is 0 Å². The quantitative estimate of drug-likeness (QED) is 0.492. The number of ether oxygens (including phenoxy) is 2. The SMILES string of the molecule is O=C(O[C@@H]1Cc2c(O)cc(O)cc2O[C@@H]1c1ccc(O)c(O)c1)C1CC1. The Hall–Kier alpha value is -3.09. The van der Waals surface area contributed by atoms with Gasteiger partial charge >= 0.3 is 5.97 Å². The largest absolute Gasteiger partial charge is 0.508 e. The van der Waals surface area contributed by atoms with Crippen LogP contribution < -0.4 is 4.74 Å². The maximum Gasteiger partial charge on any atom is 0.309 e. The monoisotopic (exact) mass is 358 g/mol. The van der Waals surface area contributed by atoms with Crippen LogP contribution in [0.1, 0.15) is 30.1 Å². The molecule has 1 fully saturated rings. The van der Waals surface area contributed by atoms with Crippen LogP contribution in [0.2, 0.25) is 0 Å². The predicted molar refractivity (Wildman–Crippen MR) is 89.2 cm³/mol. The van der Waals surface area contributed by atoms with Gasteiger partial charge in [-0.05, 0) is 25.0 Å². The lowest BCUT2D eigenvalue weighted by Gasteiger charge is -2.34. The Balaban J connectivity index is 1.71. The van der Waals surface area contributed by atoms with E-state index >= 15 is 0 Å². The molecule has 4 rings (SSSR count). The fourth-order valence-corrected chi connectivity index (χ4v) is 3.12. The molecule has 1 aliphatic heterocycles. The molecule has 7 nitrogen and oxygen atoms in total. The van der Waals surface area contributed by atoms with Gasteiger partial charge in [-0.2, -0.15) is 0 Å². The van der Waals surface area contributed by atoms with Gasteiger partial charge in [-0.15, -0.1) is 0 Å². The number of hydrogen-bond donors (Lipinski definition) is 4. The highest BCUT2D eigenvalue weighted by Crippen LogP contribution is 2.44. The van der Waals surface area contributed by atoms with Crippen molar-refractivity contribution < 1.29 is 34.7 Å². The fraction of sp³-hybridized carbons (Fsp3) is 0.316. The molecular weight excluding hydrogens is 340 g/mol. The Morgan fingerprint density at radius 1 is 1.00 bits per heavy atom. The lowest BCUT2D eigenvalue weighted by atomic mass is 9.93. The van der Waals surface area contributed by atoms with Crippen molar-refractivity contribution in [1.82, 2.24) is 0 Å². The first-order chi connectivity index (χ1) is 12.4. The molecule has 0 spiro atoms. The Labute approximate surface area is 149 Å². The number of carbonyl (C=O) groups is 1. The molecule has 0 aromatic heterocycles. The first-order valence-electron chi connectivity index (χ1n) is 8.36. The van der Waals surface area contributed by atoms with Crippen molar-refractivity contribution >= 4 is 5.97 Å². The minimum absolute atomic E-state index is 0.0984. The molecule has 7 heteroatoms. The number of phenolic OH excluding ortho intramolecular Hbond substituents is 4. The van der Waals surface area contributed by atoms with E-state index in [1.807, 2.05) is 0 Å². The smallest absolute Gasteiger partial charge is 0.309 e. The van der Waals surface area contributed by atoms with Gasteiger partial charge in [0.2, 0.25) is 0 Å². The second kappa shape index (κ2) is 6.01. The van der Waals surface area contributed by atoms with E-state index in [1.54, 1.807) is 6.07 Å². The van der Waals surface area contributed by atoms with Gasteiger partial charge < -0.3 is 29.9 Å². The van der Waals surface area contributed by atoms with E-state index in [1.165, 1.54) is 24.3 Å². The van der Waals surface area contributed by atoms with Crippen molar-refractivity contribution in [3.8, 4) is 28.7 Å². The molecule has 0 radical (unpaired) electrons. The summed E-state index contributed by atoms with van der Waals surface area (Å²) in [5, 5.41) is 39.1. The van der Waals surface area contributed by atoms with Crippen molar-refractivity contribution in [2.24, 2.45) is 5.92 Å². The van der Waals surface area contributed by atoms with Crippen molar-refractivity contribution in [2.75, 3.05) is 0 Å². The average Bonchev–Trinajstić information content (AvgIpc) is 3.42. The highest BCUT2D eigenvalue weighted by molar-refractivity contribution is 5.75. The average molecular weight is 358 g/mol. The van der Waals surface area contributed by atoms with Crippen LogP contribution >= 0.6 is 0 Å². The summed E-state index contributed by atoms with van der Waals surface area (Å²) in [5.74, 6) is -1.01. The molecule has 2 aliphatic rings. The minimum Gasteiger partial charge on any atom is -0.508 e. The summed E-state index contributed by atoms with van der Waals surface area (Å²) in [7, 11) is 0.